The lowest BCUT2D eigenvalue weighted by Gasteiger charge is -2.27. The number of hydrogen-bond donors (Lipinski definition) is 0. The molecule has 4 nitrogen and oxygen atoms in total. The van der Waals surface area contributed by atoms with E-state index < -0.39 is 0 Å². The topological polar surface area (TPSA) is 66.0 Å². The Balaban J connectivity index is 1.98. The van der Waals surface area contributed by atoms with Crippen LogP contribution in [0.1, 0.15) is 39.0 Å². The Morgan fingerprint density at radius 1 is 1.22 bits per heavy atom. The standard InChI is InChI=1S/C19H18N2O2/c1-2-22-12-17-5-3-4-14-9-16-7-6-15(8-13(10-20)11-21)18(16)23-19(14)17/h8-9,12H,2-7H2,1H3. The molecule has 0 radical (unpaired) electrons. The summed E-state index contributed by atoms with van der Waals surface area (Å²) in [6, 6.07) is 3.83. The number of nitriles is 2. The van der Waals surface area contributed by atoms with Gasteiger partial charge in [-0.3, -0.25) is 0 Å². The zero-order valence-electron chi connectivity index (χ0n) is 13.2. The molecule has 3 aliphatic rings. The Morgan fingerprint density at radius 3 is 2.78 bits per heavy atom. The maximum Gasteiger partial charge on any atom is 0.136 e. The van der Waals surface area contributed by atoms with Gasteiger partial charge in [0.2, 0.25) is 0 Å². The number of ether oxygens (including phenoxy) is 2. The van der Waals surface area contributed by atoms with Crippen LogP contribution >= 0.6 is 0 Å². The Bertz CT molecular complexity index is 748. The minimum atomic E-state index is 0.117. The molecule has 0 spiro atoms. The van der Waals surface area contributed by atoms with Crippen molar-refractivity contribution in [3.8, 4) is 12.1 Å². The van der Waals surface area contributed by atoms with Crippen LogP contribution in [0.5, 0.6) is 0 Å². The van der Waals surface area contributed by atoms with Gasteiger partial charge in [-0.1, -0.05) is 0 Å². The van der Waals surface area contributed by atoms with E-state index in [0.717, 1.165) is 54.8 Å². The zero-order chi connectivity index (χ0) is 16.2. The molecule has 1 aliphatic heterocycles. The Hall–Kier alpha value is -2.72. The zero-order valence-corrected chi connectivity index (χ0v) is 13.2. The average molecular weight is 306 g/mol. The van der Waals surface area contributed by atoms with Gasteiger partial charge in [0, 0.05) is 5.57 Å². The molecule has 0 bridgehead atoms. The van der Waals surface area contributed by atoms with E-state index in [9.17, 15) is 0 Å². The number of allylic oxidation sites excluding steroid dienone is 7. The maximum atomic E-state index is 8.96. The van der Waals surface area contributed by atoms with Crippen molar-refractivity contribution in [3.05, 3.63) is 57.8 Å². The Labute approximate surface area is 136 Å². The molecule has 0 saturated heterocycles. The second-order valence-electron chi connectivity index (χ2n) is 5.71. The molecule has 0 aromatic heterocycles. The number of rotatable bonds is 3. The van der Waals surface area contributed by atoms with Crippen LogP contribution in [0.15, 0.2) is 57.8 Å². The highest BCUT2D eigenvalue weighted by atomic mass is 16.5. The SMILES string of the molecule is CCOC=C1CCCC2=C1OC1=C(C=C(C#N)C#N)CCC1=C2. The molecule has 0 aromatic rings. The lowest BCUT2D eigenvalue weighted by atomic mass is 9.90. The summed E-state index contributed by atoms with van der Waals surface area (Å²) in [5.41, 5.74) is 4.54. The fourth-order valence-electron chi connectivity index (χ4n) is 3.15. The van der Waals surface area contributed by atoms with E-state index in [1.807, 2.05) is 19.1 Å². The van der Waals surface area contributed by atoms with E-state index in [4.69, 9.17) is 20.0 Å². The van der Waals surface area contributed by atoms with Gasteiger partial charge in [-0.05, 0) is 67.9 Å². The smallest absolute Gasteiger partial charge is 0.136 e. The van der Waals surface area contributed by atoms with E-state index in [1.165, 1.54) is 11.1 Å². The van der Waals surface area contributed by atoms with Crippen molar-refractivity contribution in [3.63, 3.8) is 0 Å². The maximum absolute atomic E-state index is 8.96. The van der Waals surface area contributed by atoms with Crippen molar-refractivity contribution >= 4 is 0 Å². The summed E-state index contributed by atoms with van der Waals surface area (Å²) in [7, 11) is 0. The van der Waals surface area contributed by atoms with Gasteiger partial charge in [0.1, 0.15) is 29.2 Å². The van der Waals surface area contributed by atoms with Crippen molar-refractivity contribution in [1.82, 2.24) is 0 Å². The summed E-state index contributed by atoms with van der Waals surface area (Å²) in [4.78, 5) is 0. The third kappa shape index (κ3) is 2.94. The first-order valence-electron chi connectivity index (χ1n) is 7.94. The van der Waals surface area contributed by atoms with Gasteiger partial charge < -0.3 is 9.47 Å². The molecule has 0 amide bonds. The second-order valence-corrected chi connectivity index (χ2v) is 5.71. The highest BCUT2D eigenvalue weighted by molar-refractivity contribution is 5.55. The third-order valence-corrected chi connectivity index (χ3v) is 4.23. The predicted octanol–water partition coefficient (Wildman–Crippen LogP) is 4.32. The summed E-state index contributed by atoms with van der Waals surface area (Å²) >= 11 is 0. The van der Waals surface area contributed by atoms with Gasteiger partial charge in [-0.2, -0.15) is 10.5 Å². The van der Waals surface area contributed by atoms with Crippen LogP contribution in [0.3, 0.4) is 0 Å². The molecule has 116 valence electrons. The van der Waals surface area contributed by atoms with Crippen molar-refractivity contribution < 1.29 is 9.47 Å². The van der Waals surface area contributed by atoms with Crippen LogP contribution in [0, 0.1) is 22.7 Å². The first kappa shape index (κ1) is 15.2. The number of hydrogen-bond acceptors (Lipinski definition) is 4. The minimum Gasteiger partial charge on any atom is -0.501 e. The summed E-state index contributed by atoms with van der Waals surface area (Å²) < 4.78 is 11.7. The van der Waals surface area contributed by atoms with Crippen LogP contribution in [0.25, 0.3) is 0 Å². The second kappa shape index (κ2) is 6.58. The quantitative estimate of drug-likeness (QED) is 0.575. The number of nitrogens with zero attached hydrogens (tertiary/aromatic N) is 2. The van der Waals surface area contributed by atoms with E-state index in [2.05, 4.69) is 6.08 Å². The normalized spacial score (nSPS) is 20.8. The Kier molecular flexibility index (Phi) is 4.35. The van der Waals surface area contributed by atoms with Gasteiger partial charge in [-0.25, -0.2) is 0 Å². The van der Waals surface area contributed by atoms with Crippen molar-refractivity contribution in [2.75, 3.05) is 6.61 Å². The summed E-state index contributed by atoms with van der Waals surface area (Å²) in [5, 5.41) is 17.9. The largest absolute Gasteiger partial charge is 0.501 e. The molecule has 23 heavy (non-hydrogen) atoms. The van der Waals surface area contributed by atoms with Crippen LogP contribution < -0.4 is 0 Å². The molecule has 2 aliphatic carbocycles. The summed E-state index contributed by atoms with van der Waals surface area (Å²) in [5.74, 6) is 1.71. The number of fused-ring (bicyclic) bond motifs is 1. The van der Waals surface area contributed by atoms with Gasteiger partial charge >= 0.3 is 0 Å². The van der Waals surface area contributed by atoms with Crippen LogP contribution in [-0.4, -0.2) is 6.61 Å². The molecule has 3 rings (SSSR count). The first-order valence-corrected chi connectivity index (χ1v) is 7.94. The molecular weight excluding hydrogens is 288 g/mol. The Morgan fingerprint density at radius 2 is 2.04 bits per heavy atom. The fraction of sp³-hybridized carbons (Fsp3) is 0.368. The van der Waals surface area contributed by atoms with E-state index >= 15 is 0 Å². The predicted molar refractivity (Wildman–Crippen MR) is 85.3 cm³/mol. The molecule has 0 aromatic carbocycles. The highest BCUT2D eigenvalue weighted by Gasteiger charge is 2.30. The first-order chi connectivity index (χ1) is 11.3. The molecule has 1 heterocycles. The van der Waals surface area contributed by atoms with Crippen LogP contribution in [-0.2, 0) is 9.47 Å². The van der Waals surface area contributed by atoms with E-state index in [1.54, 1.807) is 12.3 Å². The molecule has 0 fully saturated rings. The van der Waals surface area contributed by atoms with Gasteiger partial charge in [0.05, 0.1) is 12.9 Å². The van der Waals surface area contributed by atoms with Crippen molar-refractivity contribution in [2.24, 2.45) is 0 Å². The van der Waals surface area contributed by atoms with Gasteiger partial charge in [0.25, 0.3) is 0 Å². The molecule has 4 heteroatoms. The molecule has 0 saturated carbocycles. The van der Waals surface area contributed by atoms with Crippen molar-refractivity contribution in [2.45, 2.75) is 39.0 Å². The fourth-order valence-corrected chi connectivity index (χ4v) is 3.15. The highest BCUT2D eigenvalue weighted by Crippen LogP contribution is 2.44. The molecular formula is C19H18N2O2. The lowest BCUT2D eigenvalue weighted by Crippen LogP contribution is -2.11. The summed E-state index contributed by atoms with van der Waals surface area (Å²) in [6.45, 7) is 2.60. The van der Waals surface area contributed by atoms with Crippen LogP contribution in [0.4, 0.5) is 0 Å². The molecule has 0 N–H and O–H groups in total. The van der Waals surface area contributed by atoms with Crippen molar-refractivity contribution in [1.29, 1.82) is 10.5 Å². The molecule has 0 unspecified atom stereocenters. The van der Waals surface area contributed by atoms with Gasteiger partial charge in [-0.15, -0.1) is 0 Å². The third-order valence-electron chi connectivity index (χ3n) is 4.23. The average Bonchev–Trinajstić information content (AvgIpc) is 2.97. The lowest BCUT2D eigenvalue weighted by molar-refractivity contribution is 0.254. The monoisotopic (exact) mass is 306 g/mol. The van der Waals surface area contributed by atoms with Gasteiger partial charge in [0.15, 0.2) is 0 Å². The summed E-state index contributed by atoms with van der Waals surface area (Å²) in [6.07, 6.45) is 10.4. The van der Waals surface area contributed by atoms with E-state index in [-0.39, 0.29) is 5.57 Å². The molecule has 0 atom stereocenters. The van der Waals surface area contributed by atoms with Crippen LogP contribution in [0.2, 0.25) is 0 Å². The minimum absolute atomic E-state index is 0.117. The van der Waals surface area contributed by atoms with E-state index in [0.29, 0.717) is 6.61 Å².